The van der Waals surface area contributed by atoms with Crippen molar-refractivity contribution in [3.05, 3.63) is 59.9 Å². The minimum atomic E-state index is -0.410. The highest BCUT2D eigenvalue weighted by Crippen LogP contribution is 2.28. The van der Waals surface area contributed by atoms with Crippen LogP contribution in [0.2, 0.25) is 0 Å². The Balaban J connectivity index is 1.71. The summed E-state index contributed by atoms with van der Waals surface area (Å²) in [6.45, 7) is 2.30. The Hall–Kier alpha value is -2.69. The number of benzene rings is 2. The van der Waals surface area contributed by atoms with Crippen molar-refractivity contribution in [1.29, 1.82) is 0 Å². The number of hydrogen-bond acceptors (Lipinski definition) is 2. The van der Waals surface area contributed by atoms with E-state index in [9.17, 15) is 14.0 Å². The molecule has 0 saturated carbocycles. The average Bonchev–Trinajstić information content (AvgIpc) is 2.92. The number of aryl methyl sites for hydroxylation is 1. The molecule has 118 valence electrons. The van der Waals surface area contributed by atoms with Crippen molar-refractivity contribution in [2.45, 2.75) is 13.3 Å². The Bertz CT molecular complexity index is 743. The number of nitrogens with one attached hydrogen (secondary N) is 1. The molecule has 1 saturated heterocycles. The number of para-hydroxylation sites is 1. The van der Waals surface area contributed by atoms with E-state index in [2.05, 4.69) is 5.32 Å². The smallest absolute Gasteiger partial charge is 0.229 e. The monoisotopic (exact) mass is 312 g/mol. The number of carbonyl (C=O) groups is 2. The second-order valence-corrected chi connectivity index (χ2v) is 5.69. The highest BCUT2D eigenvalue weighted by molar-refractivity contribution is 6.03. The van der Waals surface area contributed by atoms with Gasteiger partial charge in [-0.2, -0.15) is 0 Å². The Labute approximate surface area is 133 Å². The maximum absolute atomic E-state index is 12.9. The second-order valence-electron chi connectivity index (χ2n) is 5.69. The lowest BCUT2D eigenvalue weighted by atomic mass is 10.1. The van der Waals surface area contributed by atoms with Gasteiger partial charge in [0.15, 0.2) is 0 Å². The van der Waals surface area contributed by atoms with E-state index in [0.717, 1.165) is 11.3 Å². The van der Waals surface area contributed by atoms with Gasteiger partial charge in [-0.15, -0.1) is 0 Å². The highest BCUT2D eigenvalue weighted by Gasteiger charge is 2.35. The van der Waals surface area contributed by atoms with Crippen molar-refractivity contribution >= 4 is 23.2 Å². The third kappa shape index (κ3) is 3.23. The maximum atomic E-state index is 12.9. The highest BCUT2D eigenvalue weighted by atomic mass is 19.1. The fourth-order valence-corrected chi connectivity index (χ4v) is 2.76. The van der Waals surface area contributed by atoms with Crippen molar-refractivity contribution in [1.82, 2.24) is 0 Å². The molecule has 5 heteroatoms. The summed E-state index contributed by atoms with van der Waals surface area (Å²) in [6.07, 6.45) is 0.182. The molecule has 3 rings (SSSR count). The minimum absolute atomic E-state index is 0.0569. The van der Waals surface area contributed by atoms with Gasteiger partial charge in [0.1, 0.15) is 5.82 Å². The van der Waals surface area contributed by atoms with E-state index < -0.39 is 5.92 Å². The first kappa shape index (κ1) is 15.2. The fraction of sp³-hybridized carbons (Fsp3) is 0.222. The van der Waals surface area contributed by atoms with Crippen LogP contribution in [-0.2, 0) is 9.59 Å². The zero-order valence-corrected chi connectivity index (χ0v) is 12.8. The molecule has 4 nitrogen and oxygen atoms in total. The molecule has 1 N–H and O–H groups in total. The van der Waals surface area contributed by atoms with Crippen LogP contribution in [0.5, 0.6) is 0 Å². The molecule has 0 aliphatic carbocycles. The lowest BCUT2D eigenvalue weighted by Crippen LogP contribution is -2.28. The number of rotatable bonds is 3. The molecule has 0 aromatic heterocycles. The van der Waals surface area contributed by atoms with E-state index in [-0.39, 0.29) is 24.1 Å². The first-order valence-corrected chi connectivity index (χ1v) is 7.47. The Morgan fingerprint density at radius 2 is 1.87 bits per heavy atom. The van der Waals surface area contributed by atoms with Gasteiger partial charge in [-0.1, -0.05) is 18.2 Å². The van der Waals surface area contributed by atoms with E-state index in [1.165, 1.54) is 24.3 Å². The van der Waals surface area contributed by atoms with Crippen molar-refractivity contribution in [2.24, 2.45) is 5.92 Å². The fourth-order valence-electron chi connectivity index (χ4n) is 2.76. The molecule has 0 bridgehead atoms. The summed E-state index contributed by atoms with van der Waals surface area (Å²) in [7, 11) is 0. The van der Waals surface area contributed by atoms with Crippen LogP contribution in [0, 0.1) is 18.7 Å². The predicted molar refractivity (Wildman–Crippen MR) is 86.7 cm³/mol. The van der Waals surface area contributed by atoms with Crippen LogP contribution < -0.4 is 10.2 Å². The SMILES string of the molecule is Cc1ccccc1N1C[C@H](C(=O)Nc2ccc(F)cc2)CC1=O. The van der Waals surface area contributed by atoms with Gasteiger partial charge in [0.2, 0.25) is 11.8 Å². The van der Waals surface area contributed by atoms with Gasteiger partial charge < -0.3 is 10.2 Å². The molecule has 1 aliphatic rings. The molecule has 1 heterocycles. The zero-order chi connectivity index (χ0) is 16.4. The number of halogens is 1. The van der Waals surface area contributed by atoms with Crippen molar-refractivity contribution < 1.29 is 14.0 Å². The minimum Gasteiger partial charge on any atom is -0.326 e. The third-order valence-corrected chi connectivity index (χ3v) is 4.01. The Kier molecular flexibility index (Phi) is 4.10. The quantitative estimate of drug-likeness (QED) is 0.946. The molecular weight excluding hydrogens is 295 g/mol. The predicted octanol–water partition coefficient (Wildman–Crippen LogP) is 3.13. The normalized spacial score (nSPS) is 17.4. The summed E-state index contributed by atoms with van der Waals surface area (Å²) < 4.78 is 12.9. The molecule has 2 amide bonds. The maximum Gasteiger partial charge on any atom is 0.229 e. The summed E-state index contributed by atoms with van der Waals surface area (Å²) in [5.41, 5.74) is 2.37. The largest absolute Gasteiger partial charge is 0.326 e. The number of carbonyl (C=O) groups excluding carboxylic acids is 2. The molecular formula is C18H17FN2O2. The first-order chi connectivity index (χ1) is 11.0. The zero-order valence-electron chi connectivity index (χ0n) is 12.8. The molecule has 2 aromatic rings. The van der Waals surface area contributed by atoms with Crippen LogP contribution in [-0.4, -0.2) is 18.4 Å². The number of nitrogens with zero attached hydrogens (tertiary/aromatic N) is 1. The van der Waals surface area contributed by atoms with E-state index in [4.69, 9.17) is 0 Å². The van der Waals surface area contributed by atoms with Gasteiger partial charge in [-0.3, -0.25) is 9.59 Å². The van der Waals surface area contributed by atoms with Crippen LogP contribution in [0.25, 0.3) is 0 Å². The van der Waals surface area contributed by atoms with Gasteiger partial charge in [-0.25, -0.2) is 4.39 Å². The molecule has 1 fully saturated rings. The van der Waals surface area contributed by atoms with E-state index >= 15 is 0 Å². The van der Waals surface area contributed by atoms with E-state index in [0.29, 0.717) is 12.2 Å². The number of anilines is 2. The molecule has 0 radical (unpaired) electrons. The summed E-state index contributed by atoms with van der Waals surface area (Å²) >= 11 is 0. The Morgan fingerprint density at radius 1 is 1.17 bits per heavy atom. The summed E-state index contributed by atoms with van der Waals surface area (Å²) in [5, 5.41) is 2.73. The molecule has 0 unspecified atom stereocenters. The van der Waals surface area contributed by atoms with Crippen molar-refractivity contribution in [2.75, 3.05) is 16.8 Å². The van der Waals surface area contributed by atoms with Crippen molar-refractivity contribution in [3.8, 4) is 0 Å². The molecule has 1 aliphatic heterocycles. The van der Waals surface area contributed by atoms with Crippen LogP contribution in [0.4, 0.5) is 15.8 Å². The first-order valence-electron chi connectivity index (χ1n) is 7.47. The number of amides is 2. The van der Waals surface area contributed by atoms with Gasteiger partial charge in [-0.05, 0) is 42.8 Å². The molecule has 23 heavy (non-hydrogen) atoms. The topological polar surface area (TPSA) is 49.4 Å². The second kappa shape index (κ2) is 6.20. The summed E-state index contributed by atoms with van der Waals surface area (Å²) in [6, 6.07) is 13.2. The van der Waals surface area contributed by atoms with Gasteiger partial charge in [0.25, 0.3) is 0 Å². The summed E-state index contributed by atoms with van der Waals surface area (Å²) in [5.74, 6) is -1.04. The average molecular weight is 312 g/mol. The van der Waals surface area contributed by atoms with E-state index in [1.807, 2.05) is 31.2 Å². The van der Waals surface area contributed by atoms with E-state index in [1.54, 1.807) is 4.90 Å². The van der Waals surface area contributed by atoms with Crippen LogP contribution in [0.15, 0.2) is 48.5 Å². The lowest BCUT2D eigenvalue weighted by molar-refractivity contribution is -0.122. The molecule has 2 aromatic carbocycles. The Morgan fingerprint density at radius 3 is 2.57 bits per heavy atom. The lowest BCUT2D eigenvalue weighted by Gasteiger charge is -2.19. The van der Waals surface area contributed by atoms with Crippen LogP contribution >= 0.6 is 0 Å². The van der Waals surface area contributed by atoms with Gasteiger partial charge >= 0.3 is 0 Å². The third-order valence-electron chi connectivity index (χ3n) is 4.01. The molecule has 1 atom stereocenters. The molecule has 0 spiro atoms. The van der Waals surface area contributed by atoms with Crippen molar-refractivity contribution in [3.63, 3.8) is 0 Å². The van der Waals surface area contributed by atoms with Gasteiger partial charge in [0.05, 0.1) is 5.92 Å². The standard InChI is InChI=1S/C18H17FN2O2/c1-12-4-2-3-5-16(12)21-11-13(10-17(21)22)18(23)20-15-8-6-14(19)7-9-15/h2-9,13H,10-11H2,1H3,(H,20,23)/t13-/m1/s1. The summed E-state index contributed by atoms with van der Waals surface area (Å²) in [4.78, 5) is 26.2. The van der Waals surface area contributed by atoms with Crippen LogP contribution in [0.1, 0.15) is 12.0 Å². The van der Waals surface area contributed by atoms with Crippen LogP contribution in [0.3, 0.4) is 0 Å². The van der Waals surface area contributed by atoms with Gasteiger partial charge in [0, 0.05) is 24.3 Å². The number of hydrogen-bond donors (Lipinski definition) is 1.